The lowest BCUT2D eigenvalue weighted by Gasteiger charge is -2.33. The molecule has 192 valence electrons. The fourth-order valence-electron chi connectivity index (χ4n) is 5.23. The minimum atomic E-state index is -0.646. The van der Waals surface area contributed by atoms with Gasteiger partial charge in [0.1, 0.15) is 0 Å². The van der Waals surface area contributed by atoms with Crippen LogP contribution in [0.4, 0.5) is 0 Å². The first kappa shape index (κ1) is 29.7. The van der Waals surface area contributed by atoms with E-state index in [4.69, 9.17) is 0 Å². The van der Waals surface area contributed by atoms with Crippen molar-refractivity contribution in [3.05, 3.63) is 97.5 Å². The highest BCUT2D eigenvalue weighted by atomic mass is 14.3. The summed E-state index contributed by atoms with van der Waals surface area (Å²) in [5, 5.41) is 0. The van der Waals surface area contributed by atoms with Crippen molar-refractivity contribution in [2.45, 2.75) is 117 Å². The van der Waals surface area contributed by atoms with Crippen LogP contribution >= 0.6 is 0 Å². The number of aryl methyl sites for hydroxylation is 2. The molecule has 0 heterocycles. The number of rotatable bonds is 19. The highest BCUT2D eigenvalue weighted by Gasteiger charge is 2.32. The third-order valence-corrected chi connectivity index (χ3v) is 7.20. The third-order valence-electron chi connectivity index (χ3n) is 7.20. The molecule has 0 fully saturated rings. The average molecular weight is 473 g/mol. The molecule has 0 nitrogen and oxygen atoms in total. The summed E-state index contributed by atoms with van der Waals surface area (Å²) in [7, 11) is 0. The first-order valence-electron chi connectivity index (χ1n) is 14.6. The van der Waals surface area contributed by atoms with Crippen molar-refractivity contribution < 1.29 is 0 Å². The quantitative estimate of drug-likeness (QED) is 0.178. The molecule has 0 saturated heterocycles. The van der Waals surface area contributed by atoms with Crippen molar-refractivity contribution in [2.75, 3.05) is 0 Å². The van der Waals surface area contributed by atoms with Gasteiger partial charge in [-0.1, -0.05) is 139 Å². The summed E-state index contributed by atoms with van der Waals surface area (Å²) in [6.07, 6.45) is 20.9. The van der Waals surface area contributed by atoms with E-state index in [2.05, 4.69) is 83.1 Å². The lowest BCUT2D eigenvalue weighted by Crippen LogP contribution is -2.24. The summed E-state index contributed by atoms with van der Waals surface area (Å²) in [4.78, 5) is 0. The monoisotopic (exact) mass is 472 g/mol. The highest BCUT2D eigenvalue weighted by molar-refractivity contribution is 5.56. The minimum absolute atomic E-state index is 0.646. The van der Waals surface area contributed by atoms with Crippen LogP contribution < -0.4 is 0 Å². The molecule has 35 heavy (non-hydrogen) atoms. The summed E-state index contributed by atoms with van der Waals surface area (Å²) in [6.45, 7) is 17.8. The van der Waals surface area contributed by atoms with Crippen LogP contribution in [0.15, 0.2) is 48.5 Å². The Morgan fingerprint density at radius 2 is 0.857 bits per heavy atom. The molecule has 0 unspecified atom stereocenters. The van der Waals surface area contributed by atoms with E-state index in [1.807, 2.05) is 0 Å². The van der Waals surface area contributed by atoms with Crippen molar-refractivity contribution in [1.29, 1.82) is 0 Å². The van der Waals surface area contributed by atoms with E-state index in [1.165, 1.54) is 118 Å². The molecule has 2 rings (SSSR count). The molecule has 0 saturated carbocycles. The highest BCUT2D eigenvalue weighted by Crippen LogP contribution is 2.42. The van der Waals surface area contributed by atoms with Gasteiger partial charge in [-0.2, -0.15) is 0 Å². The minimum Gasteiger partial charge on any atom is -0.0654 e. The van der Waals surface area contributed by atoms with Gasteiger partial charge < -0.3 is 0 Å². The van der Waals surface area contributed by atoms with E-state index in [9.17, 15) is 0 Å². The molecule has 0 N–H and O–H groups in total. The van der Waals surface area contributed by atoms with Crippen molar-refractivity contribution in [3.63, 3.8) is 0 Å². The Morgan fingerprint density at radius 1 is 0.514 bits per heavy atom. The van der Waals surface area contributed by atoms with Crippen LogP contribution in [0.3, 0.4) is 0 Å². The van der Waals surface area contributed by atoms with Gasteiger partial charge in [0.2, 0.25) is 0 Å². The standard InChI is InChI=1S/C35H52/c1-6-8-10-12-14-16-18-24-30-26-20-22-28-32(30)34(35(3,4)5)33-29-23-21-27-31(33)25-19-17-15-13-11-9-7-2/h20-23,26-29H,3-19,24-25H2,1-2H3. The zero-order valence-electron chi connectivity index (χ0n) is 23.1. The molecule has 0 heteroatoms. The molecule has 2 aromatic rings. The van der Waals surface area contributed by atoms with E-state index in [0.29, 0.717) is 0 Å². The van der Waals surface area contributed by atoms with Gasteiger partial charge in [-0.25, -0.2) is 0 Å². The summed E-state index contributed by atoms with van der Waals surface area (Å²) < 4.78 is 0. The Labute approximate surface area is 219 Å². The van der Waals surface area contributed by atoms with Gasteiger partial charge in [-0.05, 0) is 74.1 Å². The molecule has 0 atom stereocenters. The predicted molar refractivity (Wildman–Crippen MR) is 156 cm³/mol. The van der Waals surface area contributed by atoms with Crippen LogP contribution in [-0.4, -0.2) is 0 Å². The second-order valence-electron chi connectivity index (χ2n) is 10.7. The molecule has 0 bridgehead atoms. The van der Waals surface area contributed by atoms with Gasteiger partial charge in [0.15, 0.2) is 0 Å². The van der Waals surface area contributed by atoms with Crippen molar-refractivity contribution in [1.82, 2.24) is 0 Å². The SMILES string of the molecule is [CH2]C([CH2])([CH2])[C](c1ccccc1CCCCCCCCC)c1ccccc1CCCCCCCCC. The first-order chi connectivity index (χ1) is 17.0. The second kappa shape index (κ2) is 17.0. The van der Waals surface area contributed by atoms with Crippen LogP contribution in [-0.2, 0) is 12.8 Å². The van der Waals surface area contributed by atoms with Crippen molar-refractivity contribution in [2.24, 2.45) is 5.41 Å². The Bertz CT molecular complexity index is 732. The second-order valence-corrected chi connectivity index (χ2v) is 10.7. The molecule has 0 aliphatic carbocycles. The number of hydrogen-bond donors (Lipinski definition) is 0. The first-order valence-corrected chi connectivity index (χ1v) is 14.6. The lowest BCUT2D eigenvalue weighted by molar-refractivity contribution is 0.586. The Morgan fingerprint density at radius 3 is 1.23 bits per heavy atom. The maximum absolute atomic E-state index is 4.42. The third kappa shape index (κ3) is 10.9. The number of hydrogen-bond acceptors (Lipinski definition) is 0. The van der Waals surface area contributed by atoms with Gasteiger partial charge in [0, 0.05) is 5.92 Å². The molecule has 0 spiro atoms. The molecule has 0 amide bonds. The van der Waals surface area contributed by atoms with E-state index in [1.54, 1.807) is 0 Å². The van der Waals surface area contributed by atoms with Crippen LogP contribution in [0, 0.1) is 32.1 Å². The van der Waals surface area contributed by atoms with Crippen LogP contribution in [0.25, 0.3) is 0 Å². The van der Waals surface area contributed by atoms with Crippen LogP contribution in [0.2, 0.25) is 0 Å². The van der Waals surface area contributed by atoms with Crippen molar-refractivity contribution >= 4 is 0 Å². The smallest absolute Gasteiger partial charge is 0.0407 e. The van der Waals surface area contributed by atoms with E-state index in [-0.39, 0.29) is 0 Å². The average Bonchev–Trinajstić information content (AvgIpc) is 2.84. The Hall–Kier alpha value is -1.56. The summed E-state index contributed by atoms with van der Waals surface area (Å²) >= 11 is 0. The van der Waals surface area contributed by atoms with Crippen molar-refractivity contribution in [3.8, 4) is 0 Å². The zero-order valence-corrected chi connectivity index (χ0v) is 23.1. The Balaban J connectivity index is 2.10. The maximum Gasteiger partial charge on any atom is 0.0407 e. The van der Waals surface area contributed by atoms with E-state index >= 15 is 0 Å². The molecular weight excluding hydrogens is 420 g/mol. The van der Waals surface area contributed by atoms with Gasteiger partial charge in [-0.15, -0.1) is 0 Å². The van der Waals surface area contributed by atoms with E-state index < -0.39 is 5.41 Å². The van der Waals surface area contributed by atoms with Gasteiger partial charge >= 0.3 is 0 Å². The van der Waals surface area contributed by atoms with Gasteiger partial charge in [0.25, 0.3) is 0 Å². The zero-order chi connectivity index (χ0) is 25.4. The largest absolute Gasteiger partial charge is 0.0654 e. The fourth-order valence-corrected chi connectivity index (χ4v) is 5.23. The van der Waals surface area contributed by atoms with Gasteiger partial charge in [0.05, 0.1) is 0 Å². The molecular formula is C35H52. The van der Waals surface area contributed by atoms with Gasteiger partial charge in [-0.3, -0.25) is 0 Å². The number of unbranched alkanes of at least 4 members (excludes halogenated alkanes) is 12. The fraction of sp³-hybridized carbons (Fsp3) is 0.543. The summed E-state index contributed by atoms with van der Waals surface area (Å²) in [5.41, 5.74) is 4.78. The summed E-state index contributed by atoms with van der Waals surface area (Å²) in [5.74, 6) is 1.20. The molecule has 0 aliphatic rings. The predicted octanol–water partition coefficient (Wildman–Crippen LogP) is 10.7. The van der Waals surface area contributed by atoms with Crippen LogP contribution in [0.1, 0.15) is 126 Å². The lowest BCUT2D eigenvalue weighted by atomic mass is 9.69. The topological polar surface area (TPSA) is 0 Å². The van der Waals surface area contributed by atoms with E-state index in [0.717, 1.165) is 12.8 Å². The summed E-state index contributed by atoms with van der Waals surface area (Å²) in [6, 6.07) is 17.8. The molecule has 4 radical (unpaired) electrons. The maximum atomic E-state index is 4.42. The number of benzene rings is 2. The molecule has 0 aliphatic heterocycles. The Kier molecular flexibility index (Phi) is 14.4. The molecule has 2 aromatic carbocycles. The normalized spacial score (nSPS) is 11.9. The molecule has 0 aromatic heterocycles. The van der Waals surface area contributed by atoms with Crippen LogP contribution in [0.5, 0.6) is 0 Å².